The molecule has 4 nitrogen and oxygen atoms in total. The van der Waals surface area contributed by atoms with Gasteiger partial charge in [0.05, 0.1) is 0 Å². The fourth-order valence-corrected chi connectivity index (χ4v) is 3.05. The summed E-state index contributed by atoms with van der Waals surface area (Å²) in [5.41, 5.74) is 1.79. The monoisotopic (exact) mass is 371 g/mol. The third kappa shape index (κ3) is 4.38. The number of nitrogens with one attached hydrogen (secondary N) is 2. The van der Waals surface area contributed by atoms with Gasteiger partial charge in [0.15, 0.2) is 0 Å². The molecule has 0 heterocycles. The molecule has 0 radical (unpaired) electrons. The van der Waals surface area contributed by atoms with Crippen LogP contribution in [0.15, 0.2) is 48.5 Å². The average Bonchev–Trinajstić information content (AvgIpc) is 2.42. The second-order valence-corrected chi connectivity index (χ2v) is 6.04. The Kier molecular flexibility index (Phi) is 5.44. The van der Waals surface area contributed by atoms with Gasteiger partial charge in [-0.05, 0) is 0 Å². The van der Waals surface area contributed by atoms with Crippen LogP contribution in [0.1, 0.15) is 11.1 Å². The molecule has 2 rings (SSSR count). The van der Waals surface area contributed by atoms with Crippen LogP contribution >= 0.6 is 0 Å². The van der Waals surface area contributed by atoms with Gasteiger partial charge in [-0.25, -0.2) is 0 Å². The molecule has 0 amide bonds. The Labute approximate surface area is 123 Å². The van der Waals surface area contributed by atoms with E-state index >= 15 is 0 Å². The molecule has 5 heteroatoms. The zero-order valence-corrected chi connectivity index (χ0v) is 12.5. The van der Waals surface area contributed by atoms with Gasteiger partial charge in [-0.1, -0.05) is 0 Å². The van der Waals surface area contributed by atoms with Crippen molar-refractivity contribution in [1.82, 2.24) is 7.06 Å². The summed E-state index contributed by atoms with van der Waals surface area (Å²) in [7, 11) is 0. The van der Waals surface area contributed by atoms with Crippen molar-refractivity contribution in [1.29, 1.82) is 0 Å². The summed E-state index contributed by atoms with van der Waals surface area (Å²) >= 11 is -0.375. The number of phenols is 2. The van der Waals surface area contributed by atoms with Crippen molar-refractivity contribution < 1.29 is 32.0 Å². The van der Waals surface area contributed by atoms with Crippen molar-refractivity contribution in [3.63, 3.8) is 0 Å². The van der Waals surface area contributed by atoms with Crippen LogP contribution in [-0.2, 0) is 13.1 Å². The standard InChI is InChI=1S/C14H16IN2O2/c18-13-7-3-1-5-11(13)9-16-15-17-10-12-6-2-4-8-14(12)19/h1-8,16-19H,9-10H2/q-1. The molecule has 0 saturated carbocycles. The summed E-state index contributed by atoms with van der Waals surface area (Å²) in [6.45, 7) is 1.29. The van der Waals surface area contributed by atoms with Gasteiger partial charge in [-0.15, -0.1) is 0 Å². The van der Waals surface area contributed by atoms with E-state index in [-0.39, 0.29) is 21.8 Å². The Morgan fingerprint density at radius 1 is 0.737 bits per heavy atom. The second kappa shape index (κ2) is 7.32. The van der Waals surface area contributed by atoms with Crippen LogP contribution in [0, 0.1) is 0 Å². The molecule has 19 heavy (non-hydrogen) atoms. The number of para-hydroxylation sites is 2. The molecule has 0 atom stereocenters. The summed E-state index contributed by atoms with van der Waals surface area (Å²) in [5.74, 6) is 0.638. The van der Waals surface area contributed by atoms with Gasteiger partial charge < -0.3 is 0 Å². The van der Waals surface area contributed by atoms with Gasteiger partial charge in [-0.2, -0.15) is 0 Å². The minimum atomic E-state index is -0.375. The van der Waals surface area contributed by atoms with Crippen molar-refractivity contribution in [2.75, 3.05) is 0 Å². The first kappa shape index (κ1) is 14.1. The predicted molar refractivity (Wildman–Crippen MR) is 69.9 cm³/mol. The summed E-state index contributed by atoms with van der Waals surface area (Å²) in [5, 5.41) is 19.2. The average molecular weight is 371 g/mol. The molecular weight excluding hydrogens is 355 g/mol. The molecule has 0 bridgehead atoms. The molecule has 0 unspecified atom stereocenters. The normalized spacial score (nSPS) is 10.7. The van der Waals surface area contributed by atoms with E-state index in [1.165, 1.54) is 0 Å². The second-order valence-electron chi connectivity index (χ2n) is 3.97. The van der Waals surface area contributed by atoms with Crippen molar-refractivity contribution in [3.8, 4) is 11.5 Å². The molecule has 2 aromatic carbocycles. The quantitative estimate of drug-likeness (QED) is 0.296. The van der Waals surface area contributed by atoms with E-state index in [1.54, 1.807) is 12.1 Å². The summed E-state index contributed by atoms with van der Waals surface area (Å²) in [4.78, 5) is 0. The van der Waals surface area contributed by atoms with Crippen molar-refractivity contribution >= 4 is 0 Å². The molecule has 0 saturated heterocycles. The Hall–Kier alpha value is -1.31. The maximum absolute atomic E-state index is 9.60. The SMILES string of the molecule is Oc1ccccc1CN[I-]NCc1ccccc1O. The topological polar surface area (TPSA) is 64.5 Å². The van der Waals surface area contributed by atoms with E-state index in [4.69, 9.17) is 0 Å². The van der Waals surface area contributed by atoms with Gasteiger partial charge in [-0.3, -0.25) is 0 Å². The fraction of sp³-hybridized carbons (Fsp3) is 0.143. The van der Waals surface area contributed by atoms with Crippen molar-refractivity contribution in [3.05, 3.63) is 59.7 Å². The number of halogens is 1. The van der Waals surface area contributed by atoms with Gasteiger partial charge in [0.2, 0.25) is 0 Å². The number of aromatic hydroxyl groups is 2. The molecular formula is C14H16IN2O2-. The van der Waals surface area contributed by atoms with E-state index < -0.39 is 0 Å². The molecule has 4 N–H and O–H groups in total. The summed E-state index contributed by atoms with van der Waals surface area (Å²) in [6, 6.07) is 14.6. The van der Waals surface area contributed by atoms with Crippen molar-refractivity contribution in [2.24, 2.45) is 0 Å². The summed E-state index contributed by atoms with van der Waals surface area (Å²) in [6.07, 6.45) is 0. The van der Waals surface area contributed by atoms with E-state index in [9.17, 15) is 10.2 Å². The minimum absolute atomic E-state index is 0.319. The summed E-state index contributed by atoms with van der Waals surface area (Å²) < 4.78 is 6.58. The fourth-order valence-electron chi connectivity index (χ4n) is 1.58. The Bertz CT molecular complexity index is 487. The first-order valence-electron chi connectivity index (χ1n) is 5.89. The molecule has 102 valence electrons. The number of benzene rings is 2. The van der Waals surface area contributed by atoms with E-state index in [0.29, 0.717) is 24.6 Å². The predicted octanol–water partition coefficient (Wildman–Crippen LogP) is -1.10. The third-order valence-corrected chi connectivity index (χ3v) is 4.16. The van der Waals surface area contributed by atoms with Crippen LogP contribution in [0.25, 0.3) is 0 Å². The van der Waals surface area contributed by atoms with Gasteiger partial charge in [0.1, 0.15) is 0 Å². The third-order valence-electron chi connectivity index (χ3n) is 2.63. The first-order valence-corrected chi connectivity index (χ1v) is 8.05. The van der Waals surface area contributed by atoms with Gasteiger partial charge >= 0.3 is 123 Å². The zero-order valence-electron chi connectivity index (χ0n) is 10.3. The van der Waals surface area contributed by atoms with Crippen LogP contribution in [0.5, 0.6) is 11.5 Å². The number of rotatable bonds is 6. The Morgan fingerprint density at radius 3 is 1.58 bits per heavy atom. The Morgan fingerprint density at radius 2 is 1.16 bits per heavy atom. The van der Waals surface area contributed by atoms with Crippen LogP contribution in [0.3, 0.4) is 0 Å². The van der Waals surface area contributed by atoms with Crippen LogP contribution in [0.2, 0.25) is 0 Å². The van der Waals surface area contributed by atoms with Crippen LogP contribution in [-0.4, -0.2) is 10.2 Å². The molecule has 0 aliphatic carbocycles. The molecule has 0 aromatic heterocycles. The zero-order chi connectivity index (χ0) is 13.5. The number of phenolic OH excluding ortho intramolecular Hbond substituents is 2. The van der Waals surface area contributed by atoms with E-state index in [0.717, 1.165) is 11.1 Å². The molecule has 0 aliphatic heterocycles. The first-order chi connectivity index (χ1) is 9.27. The maximum atomic E-state index is 9.60. The number of hydrogen-bond acceptors (Lipinski definition) is 4. The number of hydrogen-bond donors (Lipinski definition) is 4. The van der Waals surface area contributed by atoms with E-state index in [1.807, 2.05) is 36.4 Å². The van der Waals surface area contributed by atoms with Crippen LogP contribution in [0.4, 0.5) is 0 Å². The van der Waals surface area contributed by atoms with E-state index in [2.05, 4.69) is 7.06 Å². The van der Waals surface area contributed by atoms with Crippen LogP contribution < -0.4 is 28.8 Å². The van der Waals surface area contributed by atoms with Crippen molar-refractivity contribution in [2.45, 2.75) is 13.1 Å². The molecule has 0 aliphatic rings. The Balaban J connectivity index is 1.71. The van der Waals surface area contributed by atoms with Gasteiger partial charge in [0, 0.05) is 0 Å². The molecule has 0 spiro atoms. The molecule has 2 aromatic rings. The molecule has 0 fully saturated rings. The van der Waals surface area contributed by atoms with Gasteiger partial charge in [0.25, 0.3) is 0 Å².